The Hall–Kier alpha value is -0.570. The topological polar surface area (TPSA) is 46.3 Å². The van der Waals surface area contributed by atoms with Gasteiger partial charge in [-0.1, -0.05) is 32.6 Å². The zero-order valence-corrected chi connectivity index (χ0v) is 12.7. The van der Waals surface area contributed by atoms with E-state index in [2.05, 4.69) is 6.92 Å². The number of carbonyl (C=O) groups is 1. The van der Waals surface area contributed by atoms with Gasteiger partial charge in [0.15, 0.2) is 0 Å². The van der Waals surface area contributed by atoms with Crippen molar-refractivity contribution < 1.29 is 4.79 Å². The van der Waals surface area contributed by atoms with Gasteiger partial charge in [0.25, 0.3) is 0 Å². The third kappa shape index (κ3) is 3.31. The molecule has 0 atom stereocenters. The first-order chi connectivity index (χ1) is 9.07. The van der Waals surface area contributed by atoms with Crippen molar-refractivity contribution in [3.05, 3.63) is 0 Å². The van der Waals surface area contributed by atoms with Gasteiger partial charge in [-0.05, 0) is 44.4 Å². The lowest BCUT2D eigenvalue weighted by atomic mass is 9.80. The van der Waals surface area contributed by atoms with E-state index in [1.165, 1.54) is 25.7 Å². The number of nitrogens with zero attached hydrogens (tertiary/aromatic N) is 1. The lowest BCUT2D eigenvalue weighted by molar-refractivity contribution is -0.139. The molecule has 2 N–H and O–H groups in total. The standard InChI is InChI=1S/C16H30N2O/c1-3-13-7-9-14(10-8-13)18(2)15(19)16(17)11-5-4-6-12-16/h13-14H,3-12,17H2,1-2H3. The maximum absolute atomic E-state index is 12.7. The number of amides is 1. The molecule has 2 saturated carbocycles. The van der Waals surface area contributed by atoms with E-state index in [9.17, 15) is 4.79 Å². The van der Waals surface area contributed by atoms with Crippen LogP contribution in [0.25, 0.3) is 0 Å². The van der Waals surface area contributed by atoms with Crippen molar-refractivity contribution in [3.8, 4) is 0 Å². The van der Waals surface area contributed by atoms with Crippen molar-refractivity contribution in [2.75, 3.05) is 7.05 Å². The zero-order chi connectivity index (χ0) is 13.9. The molecule has 0 aliphatic heterocycles. The monoisotopic (exact) mass is 266 g/mol. The van der Waals surface area contributed by atoms with E-state index in [0.717, 1.165) is 44.4 Å². The lowest BCUT2D eigenvalue weighted by Crippen LogP contribution is -2.57. The summed E-state index contributed by atoms with van der Waals surface area (Å²) in [5, 5.41) is 0. The summed E-state index contributed by atoms with van der Waals surface area (Å²) in [7, 11) is 1.97. The van der Waals surface area contributed by atoms with Crippen LogP contribution in [0, 0.1) is 5.92 Å². The first kappa shape index (κ1) is 14.8. The van der Waals surface area contributed by atoms with Crippen LogP contribution in [0.5, 0.6) is 0 Å². The van der Waals surface area contributed by atoms with E-state index in [1.54, 1.807) is 0 Å². The molecular weight excluding hydrogens is 236 g/mol. The smallest absolute Gasteiger partial charge is 0.242 e. The van der Waals surface area contributed by atoms with Gasteiger partial charge in [-0.25, -0.2) is 0 Å². The van der Waals surface area contributed by atoms with Crippen molar-refractivity contribution in [2.24, 2.45) is 11.7 Å². The molecular formula is C16H30N2O. The summed E-state index contributed by atoms with van der Waals surface area (Å²) >= 11 is 0. The van der Waals surface area contributed by atoms with E-state index >= 15 is 0 Å². The number of carbonyl (C=O) groups excluding carboxylic acids is 1. The molecule has 19 heavy (non-hydrogen) atoms. The number of rotatable bonds is 3. The summed E-state index contributed by atoms with van der Waals surface area (Å²) in [6.07, 6.45) is 11.4. The molecule has 3 heteroatoms. The fraction of sp³-hybridized carbons (Fsp3) is 0.938. The van der Waals surface area contributed by atoms with Crippen molar-refractivity contribution in [3.63, 3.8) is 0 Å². The summed E-state index contributed by atoms with van der Waals surface area (Å²) in [5.41, 5.74) is 5.81. The molecule has 3 nitrogen and oxygen atoms in total. The van der Waals surface area contributed by atoms with Crippen LogP contribution in [0.4, 0.5) is 0 Å². The number of hydrogen-bond acceptors (Lipinski definition) is 2. The predicted molar refractivity (Wildman–Crippen MR) is 78.8 cm³/mol. The van der Waals surface area contributed by atoms with Gasteiger partial charge in [-0.15, -0.1) is 0 Å². The molecule has 2 aliphatic rings. The summed E-state index contributed by atoms with van der Waals surface area (Å²) in [5.74, 6) is 1.08. The molecule has 0 unspecified atom stereocenters. The van der Waals surface area contributed by atoms with Crippen LogP contribution in [0.3, 0.4) is 0 Å². The summed E-state index contributed by atoms with van der Waals surface area (Å²) in [6.45, 7) is 2.27. The van der Waals surface area contributed by atoms with Crippen molar-refractivity contribution >= 4 is 5.91 Å². The molecule has 2 rings (SSSR count). The summed E-state index contributed by atoms with van der Waals surface area (Å²) in [4.78, 5) is 14.7. The van der Waals surface area contributed by atoms with E-state index in [4.69, 9.17) is 5.73 Å². The molecule has 1 amide bonds. The second kappa shape index (κ2) is 6.25. The van der Waals surface area contributed by atoms with E-state index in [-0.39, 0.29) is 5.91 Å². The molecule has 0 aromatic heterocycles. The van der Waals surface area contributed by atoms with E-state index in [0.29, 0.717) is 6.04 Å². The highest BCUT2D eigenvalue weighted by molar-refractivity contribution is 5.86. The zero-order valence-electron chi connectivity index (χ0n) is 12.7. The van der Waals surface area contributed by atoms with Gasteiger partial charge < -0.3 is 10.6 Å². The predicted octanol–water partition coefficient (Wildman–Crippen LogP) is 3.08. The molecule has 0 aromatic rings. The SMILES string of the molecule is CCC1CCC(N(C)C(=O)C2(N)CCCCC2)CC1. The van der Waals surface area contributed by atoms with Gasteiger partial charge in [0.05, 0.1) is 5.54 Å². The Kier molecular flexibility index (Phi) is 4.88. The van der Waals surface area contributed by atoms with E-state index < -0.39 is 5.54 Å². The van der Waals surface area contributed by atoms with Gasteiger partial charge >= 0.3 is 0 Å². The van der Waals surface area contributed by atoms with Crippen LogP contribution in [0.1, 0.15) is 71.1 Å². The largest absolute Gasteiger partial charge is 0.341 e. The van der Waals surface area contributed by atoms with Crippen molar-refractivity contribution in [1.29, 1.82) is 0 Å². The Bertz CT molecular complexity index is 302. The number of hydrogen-bond donors (Lipinski definition) is 1. The Labute approximate surface area is 117 Å². The number of likely N-dealkylation sites (N-methyl/N-ethyl adjacent to an activating group) is 1. The summed E-state index contributed by atoms with van der Waals surface area (Å²) < 4.78 is 0. The second-order valence-electron chi connectivity index (χ2n) is 6.72. The molecule has 0 aromatic carbocycles. The number of nitrogens with two attached hydrogens (primary N) is 1. The molecule has 0 bridgehead atoms. The molecule has 0 saturated heterocycles. The van der Waals surface area contributed by atoms with Crippen LogP contribution < -0.4 is 5.73 Å². The van der Waals surface area contributed by atoms with Gasteiger partial charge in [-0.2, -0.15) is 0 Å². The fourth-order valence-corrected chi connectivity index (χ4v) is 3.85. The van der Waals surface area contributed by atoms with Crippen molar-refractivity contribution in [2.45, 2.75) is 82.7 Å². The third-order valence-corrected chi connectivity index (χ3v) is 5.43. The lowest BCUT2D eigenvalue weighted by Gasteiger charge is -2.40. The molecule has 0 spiro atoms. The van der Waals surface area contributed by atoms with Gasteiger partial charge in [0.2, 0.25) is 5.91 Å². The Balaban J connectivity index is 1.92. The minimum absolute atomic E-state index is 0.201. The maximum Gasteiger partial charge on any atom is 0.242 e. The van der Waals surface area contributed by atoms with Crippen LogP contribution in [-0.4, -0.2) is 29.4 Å². The van der Waals surface area contributed by atoms with Crippen LogP contribution in [-0.2, 0) is 4.79 Å². The fourth-order valence-electron chi connectivity index (χ4n) is 3.85. The van der Waals surface area contributed by atoms with Crippen LogP contribution in [0.15, 0.2) is 0 Å². The summed E-state index contributed by atoms with van der Waals surface area (Å²) in [6, 6.07) is 0.428. The Morgan fingerprint density at radius 1 is 1.16 bits per heavy atom. The van der Waals surface area contributed by atoms with Gasteiger partial charge in [0, 0.05) is 13.1 Å². The molecule has 110 valence electrons. The van der Waals surface area contributed by atoms with Gasteiger partial charge in [-0.3, -0.25) is 4.79 Å². The third-order valence-electron chi connectivity index (χ3n) is 5.43. The average molecular weight is 266 g/mol. The van der Waals surface area contributed by atoms with Crippen molar-refractivity contribution in [1.82, 2.24) is 4.90 Å². The Morgan fingerprint density at radius 3 is 2.26 bits per heavy atom. The quantitative estimate of drug-likeness (QED) is 0.853. The molecule has 0 radical (unpaired) electrons. The minimum Gasteiger partial charge on any atom is -0.341 e. The highest BCUT2D eigenvalue weighted by Gasteiger charge is 2.39. The minimum atomic E-state index is -0.561. The second-order valence-corrected chi connectivity index (χ2v) is 6.72. The molecule has 2 fully saturated rings. The van der Waals surface area contributed by atoms with Crippen LogP contribution in [0.2, 0.25) is 0 Å². The first-order valence-corrected chi connectivity index (χ1v) is 8.13. The van der Waals surface area contributed by atoms with E-state index in [1.807, 2.05) is 11.9 Å². The highest BCUT2D eigenvalue weighted by atomic mass is 16.2. The van der Waals surface area contributed by atoms with Crippen LogP contribution >= 0.6 is 0 Å². The normalized spacial score (nSPS) is 30.9. The highest BCUT2D eigenvalue weighted by Crippen LogP contribution is 2.32. The van der Waals surface area contributed by atoms with Gasteiger partial charge in [0.1, 0.15) is 0 Å². The molecule has 0 heterocycles. The maximum atomic E-state index is 12.7. The molecule has 2 aliphatic carbocycles. The Morgan fingerprint density at radius 2 is 1.74 bits per heavy atom. The first-order valence-electron chi connectivity index (χ1n) is 8.13. The average Bonchev–Trinajstić information content (AvgIpc) is 2.46.